The number of amidine groups is 1. The normalized spacial score (nSPS) is 21.5. The van der Waals surface area contributed by atoms with Crippen LogP contribution >= 0.6 is 11.8 Å². The molecule has 0 unspecified atom stereocenters. The summed E-state index contributed by atoms with van der Waals surface area (Å²) in [6, 6.07) is 6.98. The molecule has 21 heavy (non-hydrogen) atoms. The number of nitrogens with zero attached hydrogens (tertiary/aromatic N) is 2. The van der Waals surface area contributed by atoms with Gasteiger partial charge in [0.1, 0.15) is 5.75 Å². The summed E-state index contributed by atoms with van der Waals surface area (Å²) in [5.41, 5.74) is 0.641. The molecule has 2 heterocycles. The Kier molecular flexibility index (Phi) is 4.26. The number of carbonyl (C=O) groups excluding carboxylic acids is 1. The van der Waals surface area contributed by atoms with Gasteiger partial charge in [-0.1, -0.05) is 18.2 Å². The zero-order chi connectivity index (χ0) is 14.7. The molecule has 0 atom stereocenters. The number of nitrogens with one attached hydrogen (secondary N) is 1. The first-order valence-corrected chi connectivity index (χ1v) is 7.82. The van der Waals surface area contributed by atoms with Crippen molar-refractivity contribution >= 4 is 28.9 Å². The Morgan fingerprint density at radius 3 is 3.00 bits per heavy atom. The molecule has 1 aromatic rings. The lowest BCUT2D eigenvalue weighted by Crippen LogP contribution is -2.31. The predicted molar refractivity (Wildman–Crippen MR) is 85.2 cm³/mol. The van der Waals surface area contributed by atoms with Crippen LogP contribution in [0.15, 0.2) is 34.2 Å². The molecule has 5 nitrogen and oxygen atoms in total. The van der Waals surface area contributed by atoms with E-state index in [0.717, 1.165) is 37.8 Å². The molecular formula is C15H17N3O2S. The number of para-hydroxylation sites is 1. The average molecular weight is 303 g/mol. The zero-order valence-electron chi connectivity index (χ0n) is 11.6. The van der Waals surface area contributed by atoms with E-state index in [4.69, 9.17) is 0 Å². The largest absolute Gasteiger partial charge is 0.507 e. The first-order valence-electron chi connectivity index (χ1n) is 7.00. The highest BCUT2D eigenvalue weighted by Crippen LogP contribution is 2.32. The fourth-order valence-electron chi connectivity index (χ4n) is 2.32. The highest BCUT2D eigenvalue weighted by molar-refractivity contribution is 8.18. The molecule has 0 saturated carbocycles. The number of hydrogen-bond acceptors (Lipinski definition) is 5. The second-order valence-corrected chi connectivity index (χ2v) is 5.97. The maximum absolute atomic E-state index is 12.0. The molecule has 2 N–H and O–H groups in total. The topological polar surface area (TPSA) is 64.9 Å². The van der Waals surface area contributed by atoms with E-state index in [-0.39, 0.29) is 11.7 Å². The molecule has 1 fully saturated rings. The van der Waals surface area contributed by atoms with Crippen molar-refractivity contribution in [1.29, 1.82) is 0 Å². The van der Waals surface area contributed by atoms with Crippen LogP contribution in [-0.4, -0.2) is 47.3 Å². The van der Waals surface area contributed by atoms with Crippen LogP contribution in [-0.2, 0) is 4.79 Å². The Labute approximate surface area is 127 Å². The number of rotatable bonds is 1. The molecule has 3 rings (SSSR count). The highest BCUT2D eigenvalue weighted by atomic mass is 32.2. The molecule has 0 radical (unpaired) electrons. The highest BCUT2D eigenvalue weighted by Gasteiger charge is 2.26. The van der Waals surface area contributed by atoms with Crippen LogP contribution in [0.4, 0.5) is 0 Å². The summed E-state index contributed by atoms with van der Waals surface area (Å²) in [4.78, 5) is 18.9. The Hall–Kier alpha value is -1.79. The maximum atomic E-state index is 12.0. The third-order valence-corrected chi connectivity index (χ3v) is 4.49. The van der Waals surface area contributed by atoms with Gasteiger partial charge < -0.3 is 15.3 Å². The Bertz CT molecular complexity index is 605. The number of phenolic OH excluding ortho intramolecular Hbond substituents is 1. The summed E-state index contributed by atoms with van der Waals surface area (Å²) in [5, 5.41) is 13.9. The molecule has 1 amide bonds. The van der Waals surface area contributed by atoms with Gasteiger partial charge in [0, 0.05) is 25.2 Å². The van der Waals surface area contributed by atoms with Crippen LogP contribution in [0.3, 0.4) is 0 Å². The third-order valence-electron chi connectivity index (χ3n) is 3.44. The standard InChI is InChI=1S/C15H17N3O2S/c19-12-5-2-1-4-11(12)10-13-14(20)17-15(21-13)18-8-3-6-16-7-9-18/h1-2,4-5,10,16,19H,3,6-9H2. The second kappa shape index (κ2) is 6.32. The second-order valence-electron chi connectivity index (χ2n) is 4.96. The van der Waals surface area contributed by atoms with Gasteiger partial charge >= 0.3 is 0 Å². The molecular weight excluding hydrogens is 286 g/mol. The fraction of sp³-hybridized carbons (Fsp3) is 0.333. The SMILES string of the molecule is O=C1N=C(N2CCCNCC2)SC1=Cc1ccccc1O. The first kappa shape index (κ1) is 14.2. The number of benzene rings is 1. The van der Waals surface area contributed by atoms with Gasteiger partial charge in [-0.2, -0.15) is 4.99 Å². The summed E-state index contributed by atoms with van der Waals surface area (Å²) in [6.45, 7) is 3.69. The lowest BCUT2D eigenvalue weighted by molar-refractivity contribution is -0.113. The number of aliphatic imine (C=N–C) groups is 1. The molecule has 1 saturated heterocycles. The molecule has 6 heteroatoms. The molecule has 2 aliphatic heterocycles. The Balaban J connectivity index is 1.77. The van der Waals surface area contributed by atoms with Crippen molar-refractivity contribution in [3.8, 4) is 5.75 Å². The van der Waals surface area contributed by atoms with Crippen molar-refractivity contribution in [2.75, 3.05) is 26.2 Å². The first-order chi connectivity index (χ1) is 10.2. The van der Waals surface area contributed by atoms with Crippen molar-refractivity contribution in [1.82, 2.24) is 10.2 Å². The molecule has 0 aromatic heterocycles. The summed E-state index contributed by atoms with van der Waals surface area (Å²) in [6.07, 6.45) is 2.75. The van der Waals surface area contributed by atoms with Gasteiger partial charge in [-0.25, -0.2) is 0 Å². The summed E-state index contributed by atoms with van der Waals surface area (Å²) >= 11 is 1.39. The number of carbonyl (C=O) groups is 1. The Morgan fingerprint density at radius 2 is 2.14 bits per heavy atom. The van der Waals surface area contributed by atoms with Crippen molar-refractivity contribution in [3.05, 3.63) is 34.7 Å². The smallest absolute Gasteiger partial charge is 0.286 e. The average Bonchev–Trinajstić information content (AvgIpc) is 2.69. The van der Waals surface area contributed by atoms with Gasteiger partial charge in [0.15, 0.2) is 5.17 Å². The van der Waals surface area contributed by atoms with Crippen LogP contribution in [0.5, 0.6) is 5.75 Å². The van der Waals surface area contributed by atoms with E-state index in [2.05, 4.69) is 15.2 Å². The number of hydrogen-bond donors (Lipinski definition) is 2. The van der Waals surface area contributed by atoms with Crippen molar-refractivity contribution in [2.45, 2.75) is 6.42 Å². The van der Waals surface area contributed by atoms with E-state index in [1.807, 2.05) is 6.07 Å². The summed E-state index contributed by atoms with van der Waals surface area (Å²) in [7, 11) is 0. The quantitative estimate of drug-likeness (QED) is 0.773. The van der Waals surface area contributed by atoms with Gasteiger partial charge in [0.2, 0.25) is 0 Å². The number of amides is 1. The van der Waals surface area contributed by atoms with Crippen LogP contribution < -0.4 is 5.32 Å². The zero-order valence-corrected chi connectivity index (χ0v) is 12.4. The molecule has 0 bridgehead atoms. The summed E-state index contributed by atoms with van der Waals surface area (Å²) < 4.78 is 0. The molecule has 1 aromatic carbocycles. The summed E-state index contributed by atoms with van der Waals surface area (Å²) in [5.74, 6) is -0.0544. The van der Waals surface area contributed by atoms with Crippen molar-refractivity contribution in [2.24, 2.45) is 4.99 Å². The minimum atomic E-state index is -0.226. The van der Waals surface area contributed by atoms with E-state index in [9.17, 15) is 9.90 Å². The lowest BCUT2D eigenvalue weighted by atomic mass is 10.2. The van der Waals surface area contributed by atoms with E-state index in [0.29, 0.717) is 10.5 Å². The van der Waals surface area contributed by atoms with Gasteiger partial charge in [-0.3, -0.25) is 4.79 Å². The minimum Gasteiger partial charge on any atom is -0.507 e. The number of aromatic hydroxyl groups is 1. The lowest BCUT2D eigenvalue weighted by Gasteiger charge is -2.20. The predicted octanol–water partition coefficient (Wildman–Crippen LogP) is 1.66. The van der Waals surface area contributed by atoms with Gasteiger partial charge in [0.25, 0.3) is 5.91 Å². The Morgan fingerprint density at radius 1 is 1.29 bits per heavy atom. The van der Waals surface area contributed by atoms with Gasteiger partial charge in [0.05, 0.1) is 4.91 Å². The van der Waals surface area contributed by atoms with E-state index in [1.165, 1.54) is 11.8 Å². The van der Waals surface area contributed by atoms with Crippen molar-refractivity contribution in [3.63, 3.8) is 0 Å². The van der Waals surface area contributed by atoms with Gasteiger partial charge in [-0.15, -0.1) is 0 Å². The number of thioether (sulfide) groups is 1. The maximum Gasteiger partial charge on any atom is 0.286 e. The van der Waals surface area contributed by atoms with Crippen LogP contribution in [0.25, 0.3) is 6.08 Å². The number of phenols is 1. The van der Waals surface area contributed by atoms with E-state index < -0.39 is 0 Å². The van der Waals surface area contributed by atoms with Crippen LogP contribution in [0.1, 0.15) is 12.0 Å². The fourth-order valence-corrected chi connectivity index (χ4v) is 3.28. The molecule has 2 aliphatic rings. The van der Waals surface area contributed by atoms with E-state index >= 15 is 0 Å². The minimum absolute atomic E-state index is 0.172. The van der Waals surface area contributed by atoms with Gasteiger partial charge in [-0.05, 0) is 36.9 Å². The molecule has 110 valence electrons. The van der Waals surface area contributed by atoms with Crippen LogP contribution in [0.2, 0.25) is 0 Å². The third kappa shape index (κ3) is 3.28. The van der Waals surface area contributed by atoms with Crippen LogP contribution in [0, 0.1) is 0 Å². The van der Waals surface area contributed by atoms with Crippen molar-refractivity contribution < 1.29 is 9.90 Å². The monoisotopic (exact) mass is 303 g/mol. The van der Waals surface area contributed by atoms with E-state index in [1.54, 1.807) is 24.3 Å². The molecule has 0 aliphatic carbocycles. The molecule has 0 spiro atoms.